The second kappa shape index (κ2) is 6.52. The molecule has 2 aromatic heterocycles. The van der Waals surface area contributed by atoms with Gasteiger partial charge in [-0.15, -0.1) is 0 Å². The highest BCUT2D eigenvalue weighted by Crippen LogP contribution is 2.42. The first-order chi connectivity index (χ1) is 12.9. The molecule has 3 aromatic rings. The lowest BCUT2D eigenvalue weighted by Crippen LogP contribution is -2.15. The molecule has 0 amide bonds. The molecule has 140 valence electrons. The normalized spacial score (nSPS) is 14.5. The van der Waals surface area contributed by atoms with Gasteiger partial charge < -0.3 is 9.72 Å². The van der Waals surface area contributed by atoms with E-state index in [9.17, 15) is 4.79 Å². The van der Waals surface area contributed by atoms with Crippen LogP contribution in [-0.4, -0.2) is 23.0 Å². The molecule has 0 spiro atoms. The van der Waals surface area contributed by atoms with Gasteiger partial charge in [-0.05, 0) is 48.1 Å². The van der Waals surface area contributed by atoms with Gasteiger partial charge in [0.15, 0.2) is 0 Å². The number of hydrogen-bond donors (Lipinski definition) is 1. The summed E-state index contributed by atoms with van der Waals surface area (Å²) < 4.78 is 4.81. The Morgan fingerprint density at radius 3 is 2.67 bits per heavy atom. The first kappa shape index (κ1) is 17.8. The minimum Gasteiger partial charge on any atom is -0.464 e. The third-order valence-corrected chi connectivity index (χ3v) is 5.29. The Balaban J connectivity index is 1.78. The number of ether oxygens (including phenoxy) is 1. The standard InChI is InChI=1S/C23H26N2O2/c1-23(2,3)21-18(13-16-6-5-7-19(24-16)22(26)27-4)17-11-10-15(14-8-9-14)12-20(17)25-21/h5-7,10-12,14,25H,8-9,13H2,1-4H3. The van der Waals surface area contributed by atoms with E-state index in [2.05, 4.69) is 48.9 Å². The van der Waals surface area contributed by atoms with E-state index in [1.165, 1.54) is 47.7 Å². The van der Waals surface area contributed by atoms with Crippen LogP contribution >= 0.6 is 0 Å². The van der Waals surface area contributed by atoms with Crippen molar-refractivity contribution < 1.29 is 9.53 Å². The summed E-state index contributed by atoms with van der Waals surface area (Å²) in [5.74, 6) is 0.332. The summed E-state index contributed by atoms with van der Waals surface area (Å²) in [5.41, 5.74) is 6.34. The lowest BCUT2D eigenvalue weighted by atomic mass is 9.87. The van der Waals surface area contributed by atoms with Gasteiger partial charge in [-0.25, -0.2) is 9.78 Å². The van der Waals surface area contributed by atoms with Crippen molar-refractivity contribution in [3.8, 4) is 0 Å². The quantitative estimate of drug-likeness (QED) is 0.656. The van der Waals surface area contributed by atoms with E-state index < -0.39 is 5.97 Å². The molecule has 4 nitrogen and oxygen atoms in total. The molecule has 0 saturated heterocycles. The molecule has 4 rings (SSSR count). The van der Waals surface area contributed by atoms with Crippen LogP contribution in [0.25, 0.3) is 10.9 Å². The summed E-state index contributed by atoms with van der Waals surface area (Å²) in [6.45, 7) is 6.67. The fourth-order valence-corrected chi connectivity index (χ4v) is 3.75. The van der Waals surface area contributed by atoms with Crippen LogP contribution in [0.5, 0.6) is 0 Å². The van der Waals surface area contributed by atoms with E-state index in [4.69, 9.17) is 4.74 Å². The molecule has 0 atom stereocenters. The first-order valence-electron chi connectivity index (χ1n) is 9.56. The number of aromatic amines is 1. The van der Waals surface area contributed by atoms with Gasteiger partial charge in [-0.2, -0.15) is 0 Å². The number of fused-ring (bicyclic) bond motifs is 1. The third kappa shape index (κ3) is 3.48. The maximum absolute atomic E-state index is 11.8. The zero-order valence-electron chi connectivity index (χ0n) is 16.4. The van der Waals surface area contributed by atoms with E-state index in [1.54, 1.807) is 6.07 Å². The molecule has 0 aliphatic heterocycles. The maximum atomic E-state index is 11.8. The van der Waals surface area contributed by atoms with Crippen LogP contribution in [0.15, 0.2) is 36.4 Å². The second-order valence-corrected chi connectivity index (χ2v) is 8.49. The maximum Gasteiger partial charge on any atom is 0.356 e. The number of H-pyrrole nitrogens is 1. The van der Waals surface area contributed by atoms with Crippen LogP contribution in [0.1, 0.15) is 72.5 Å². The molecule has 1 saturated carbocycles. The van der Waals surface area contributed by atoms with Gasteiger partial charge in [0, 0.05) is 34.1 Å². The highest BCUT2D eigenvalue weighted by atomic mass is 16.5. The topological polar surface area (TPSA) is 55.0 Å². The van der Waals surface area contributed by atoms with Crippen molar-refractivity contribution in [1.82, 2.24) is 9.97 Å². The number of nitrogens with zero attached hydrogens (tertiary/aromatic N) is 1. The number of methoxy groups -OCH3 is 1. The van der Waals surface area contributed by atoms with Crippen molar-refractivity contribution >= 4 is 16.9 Å². The Kier molecular flexibility index (Phi) is 4.29. The van der Waals surface area contributed by atoms with E-state index in [-0.39, 0.29) is 5.41 Å². The fraction of sp³-hybridized carbons (Fsp3) is 0.391. The van der Waals surface area contributed by atoms with Crippen molar-refractivity contribution in [3.05, 3.63) is 64.6 Å². The van der Waals surface area contributed by atoms with Gasteiger partial charge in [0.05, 0.1) is 7.11 Å². The minimum absolute atomic E-state index is 0.00590. The van der Waals surface area contributed by atoms with Gasteiger partial charge in [0.25, 0.3) is 0 Å². The number of carbonyl (C=O) groups is 1. The molecule has 4 heteroatoms. The fourth-order valence-electron chi connectivity index (χ4n) is 3.75. The summed E-state index contributed by atoms with van der Waals surface area (Å²) in [5, 5.41) is 1.24. The van der Waals surface area contributed by atoms with Crippen LogP contribution in [0.3, 0.4) is 0 Å². The molecule has 27 heavy (non-hydrogen) atoms. The van der Waals surface area contributed by atoms with Crippen LogP contribution in [0, 0.1) is 0 Å². The first-order valence-corrected chi connectivity index (χ1v) is 9.56. The average Bonchev–Trinajstić information content (AvgIpc) is 3.43. The summed E-state index contributed by atoms with van der Waals surface area (Å²) in [6, 6.07) is 12.3. The zero-order chi connectivity index (χ0) is 19.2. The number of esters is 1. The SMILES string of the molecule is COC(=O)c1cccc(Cc2c(C(C)(C)C)[nH]c3cc(C4CC4)ccc23)n1. The number of pyridine rings is 1. The monoisotopic (exact) mass is 362 g/mol. The summed E-state index contributed by atoms with van der Waals surface area (Å²) in [4.78, 5) is 20.0. The van der Waals surface area contributed by atoms with E-state index in [0.29, 0.717) is 12.1 Å². The number of benzene rings is 1. The Morgan fingerprint density at radius 2 is 2.00 bits per heavy atom. The summed E-state index contributed by atoms with van der Waals surface area (Å²) in [6.07, 6.45) is 3.28. The van der Waals surface area contributed by atoms with Crippen molar-refractivity contribution in [3.63, 3.8) is 0 Å². The highest BCUT2D eigenvalue weighted by Gasteiger charge is 2.26. The molecule has 0 radical (unpaired) electrons. The number of aromatic nitrogens is 2. The Morgan fingerprint density at radius 1 is 1.22 bits per heavy atom. The molecule has 1 aromatic carbocycles. The Labute approximate surface area is 160 Å². The highest BCUT2D eigenvalue weighted by molar-refractivity contribution is 5.88. The Bertz CT molecular complexity index is 1010. The van der Waals surface area contributed by atoms with Crippen molar-refractivity contribution in [1.29, 1.82) is 0 Å². The summed E-state index contributed by atoms with van der Waals surface area (Å²) >= 11 is 0. The number of rotatable bonds is 4. The summed E-state index contributed by atoms with van der Waals surface area (Å²) in [7, 11) is 1.38. The predicted octanol–water partition coefficient (Wildman–Crippen LogP) is 5.12. The molecule has 1 aliphatic rings. The van der Waals surface area contributed by atoms with Gasteiger partial charge in [0.2, 0.25) is 0 Å². The molecule has 1 aliphatic carbocycles. The largest absolute Gasteiger partial charge is 0.464 e. The third-order valence-electron chi connectivity index (χ3n) is 5.29. The van der Waals surface area contributed by atoms with Crippen LogP contribution in [-0.2, 0) is 16.6 Å². The molecule has 1 fully saturated rings. The zero-order valence-corrected chi connectivity index (χ0v) is 16.4. The van der Waals surface area contributed by atoms with Crippen molar-refractivity contribution in [2.24, 2.45) is 0 Å². The van der Waals surface area contributed by atoms with Crippen LogP contribution in [0.4, 0.5) is 0 Å². The van der Waals surface area contributed by atoms with Crippen LogP contribution < -0.4 is 0 Å². The molecular weight excluding hydrogens is 336 g/mol. The lowest BCUT2D eigenvalue weighted by molar-refractivity contribution is 0.0593. The van der Waals surface area contributed by atoms with Crippen molar-refractivity contribution in [2.45, 2.75) is 51.4 Å². The number of carbonyl (C=O) groups excluding carboxylic acids is 1. The van der Waals surface area contributed by atoms with Crippen LogP contribution in [0.2, 0.25) is 0 Å². The smallest absolute Gasteiger partial charge is 0.356 e. The molecule has 1 N–H and O–H groups in total. The van der Waals surface area contributed by atoms with E-state index >= 15 is 0 Å². The number of nitrogens with one attached hydrogen (secondary N) is 1. The molecular formula is C23H26N2O2. The average molecular weight is 362 g/mol. The van der Waals surface area contributed by atoms with E-state index in [1.807, 2.05) is 12.1 Å². The second-order valence-electron chi connectivity index (χ2n) is 8.49. The molecule has 0 unspecified atom stereocenters. The van der Waals surface area contributed by atoms with Gasteiger partial charge >= 0.3 is 5.97 Å². The Hall–Kier alpha value is -2.62. The molecule has 0 bridgehead atoms. The lowest BCUT2D eigenvalue weighted by Gasteiger charge is -2.19. The van der Waals surface area contributed by atoms with Crippen molar-refractivity contribution in [2.75, 3.05) is 7.11 Å². The van der Waals surface area contributed by atoms with Gasteiger partial charge in [-0.1, -0.05) is 39.0 Å². The van der Waals surface area contributed by atoms with Gasteiger partial charge in [-0.3, -0.25) is 0 Å². The molecule has 2 heterocycles. The number of hydrogen-bond acceptors (Lipinski definition) is 3. The van der Waals surface area contributed by atoms with Gasteiger partial charge in [0.1, 0.15) is 5.69 Å². The minimum atomic E-state index is -0.402. The predicted molar refractivity (Wildman–Crippen MR) is 107 cm³/mol. The van der Waals surface area contributed by atoms with E-state index in [0.717, 1.165) is 11.6 Å².